The molecule has 1 aromatic heterocycles. The fraction of sp³-hybridized carbons (Fsp3) is 0.357. The van der Waals surface area contributed by atoms with Gasteiger partial charge in [-0.05, 0) is 38.0 Å². The number of aryl methyl sites for hydroxylation is 1. The van der Waals surface area contributed by atoms with Crippen LogP contribution in [0.5, 0.6) is 0 Å². The summed E-state index contributed by atoms with van der Waals surface area (Å²) in [4.78, 5) is 12.2. The van der Waals surface area contributed by atoms with E-state index >= 15 is 0 Å². The van der Waals surface area contributed by atoms with Crippen molar-refractivity contribution >= 4 is 16.8 Å². The van der Waals surface area contributed by atoms with Crippen LogP contribution in [0, 0.1) is 12.3 Å². The maximum atomic E-state index is 12.2. The molecule has 1 aliphatic rings. The summed E-state index contributed by atoms with van der Waals surface area (Å²) in [6, 6.07) is 7.75. The quantitative estimate of drug-likeness (QED) is 0.823. The SMILES string of the molecule is Cc1ccc2oc(C(=O)C3(CN)CC3)cc2c1. The first-order valence-electron chi connectivity index (χ1n) is 5.90. The second-order valence-electron chi connectivity index (χ2n) is 4.97. The zero-order valence-electron chi connectivity index (χ0n) is 9.82. The summed E-state index contributed by atoms with van der Waals surface area (Å²) in [7, 11) is 0. The second kappa shape index (κ2) is 3.44. The summed E-state index contributed by atoms with van der Waals surface area (Å²) in [6.07, 6.45) is 1.77. The van der Waals surface area contributed by atoms with Gasteiger partial charge < -0.3 is 10.2 Å². The molecule has 0 radical (unpaired) electrons. The Morgan fingerprint density at radius 1 is 1.41 bits per heavy atom. The van der Waals surface area contributed by atoms with Gasteiger partial charge in [0.25, 0.3) is 0 Å². The summed E-state index contributed by atoms with van der Waals surface area (Å²) in [5, 5.41) is 0.987. The molecular weight excluding hydrogens is 214 g/mol. The fourth-order valence-corrected chi connectivity index (χ4v) is 2.21. The topological polar surface area (TPSA) is 56.2 Å². The van der Waals surface area contributed by atoms with E-state index in [2.05, 4.69) is 0 Å². The Bertz CT molecular complexity index is 593. The number of carbonyl (C=O) groups excluding carboxylic acids is 1. The summed E-state index contributed by atoms with van der Waals surface area (Å²) in [5.74, 6) is 0.516. The molecule has 88 valence electrons. The van der Waals surface area contributed by atoms with Crippen LogP contribution in [-0.2, 0) is 0 Å². The number of furan rings is 1. The van der Waals surface area contributed by atoms with Crippen molar-refractivity contribution < 1.29 is 9.21 Å². The van der Waals surface area contributed by atoms with Crippen molar-refractivity contribution in [3.05, 3.63) is 35.6 Å². The Morgan fingerprint density at radius 2 is 2.18 bits per heavy atom. The largest absolute Gasteiger partial charge is 0.453 e. The molecule has 0 atom stereocenters. The lowest BCUT2D eigenvalue weighted by atomic mass is 9.99. The number of carbonyl (C=O) groups is 1. The van der Waals surface area contributed by atoms with Crippen molar-refractivity contribution in [2.75, 3.05) is 6.54 Å². The van der Waals surface area contributed by atoms with E-state index in [9.17, 15) is 4.79 Å². The van der Waals surface area contributed by atoms with E-state index in [0.29, 0.717) is 12.3 Å². The number of rotatable bonds is 3. The number of fused-ring (bicyclic) bond motifs is 1. The maximum Gasteiger partial charge on any atom is 0.205 e. The van der Waals surface area contributed by atoms with Crippen molar-refractivity contribution in [3.8, 4) is 0 Å². The molecule has 0 spiro atoms. The van der Waals surface area contributed by atoms with Gasteiger partial charge in [0.1, 0.15) is 5.58 Å². The van der Waals surface area contributed by atoms with Gasteiger partial charge >= 0.3 is 0 Å². The molecule has 0 bridgehead atoms. The molecule has 1 saturated carbocycles. The molecule has 1 heterocycles. The molecule has 2 N–H and O–H groups in total. The Kier molecular flexibility index (Phi) is 2.13. The van der Waals surface area contributed by atoms with Gasteiger partial charge in [-0.15, -0.1) is 0 Å². The van der Waals surface area contributed by atoms with Gasteiger partial charge in [-0.25, -0.2) is 0 Å². The average Bonchev–Trinajstić information content (AvgIpc) is 3.02. The van der Waals surface area contributed by atoms with E-state index in [1.807, 2.05) is 31.2 Å². The molecule has 0 saturated heterocycles. The van der Waals surface area contributed by atoms with Crippen LogP contribution in [0.25, 0.3) is 11.0 Å². The van der Waals surface area contributed by atoms with Crippen LogP contribution in [0.15, 0.2) is 28.7 Å². The number of ketones is 1. The monoisotopic (exact) mass is 229 g/mol. The first kappa shape index (κ1) is 10.5. The van der Waals surface area contributed by atoms with Gasteiger partial charge in [-0.1, -0.05) is 11.6 Å². The summed E-state index contributed by atoms with van der Waals surface area (Å²) in [5.41, 5.74) is 7.27. The van der Waals surface area contributed by atoms with Gasteiger partial charge in [-0.3, -0.25) is 4.79 Å². The molecule has 1 fully saturated rings. The number of Topliss-reactive ketones (excluding diaryl/α,β-unsaturated/α-hetero) is 1. The van der Waals surface area contributed by atoms with Gasteiger partial charge in [0, 0.05) is 17.3 Å². The third-order valence-electron chi connectivity index (χ3n) is 3.62. The van der Waals surface area contributed by atoms with Gasteiger partial charge in [0.2, 0.25) is 5.78 Å². The molecule has 2 aromatic rings. The number of hydrogen-bond donors (Lipinski definition) is 1. The van der Waals surface area contributed by atoms with Crippen LogP contribution in [-0.4, -0.2) is 12.3 Å². The second-order valence-corrected chi connectivity index (χ2v) is 4.97. The summed E-state index contributed by atoms with van der Waals surface area (Å²) in [6.45, 7) is 2.44. The van der Waals surface area contributed by atoms with Gasteiger partial charge in [-0.2, -0.15) is 0 Å². The Hall–Kier alpha value is -1.61. The zero-order chi connectivity index (χ0) is 12.0. The molecular formula is C14H15NO2. The Morgan fingerprint density at radius 3 is 2.82 bits per heavy atom. The van der Waals surface area contributed by atoms with Crippen molar-refractivity contribution in [1.82, 2.24) is 0 Å². The number of benzene rings is 1. The van der Waals surface area contributed by atoms with Crippen LogP contribution in [0.4, 0.5) is 0 Å². The predicted molar refractivity (Wildman–Crippen MR) is 66.0 cm³/mol. The van der Waals surface area contributed by atoms with E-state index in [0.717, 1.165) is 29.4 Å². The zero-order valence-corrected chi connectivity index (χ0v) is 9.82. The average molecular weight is 229 g/mol. The lowest BCUT2D eigenvalue weighted by Crippen LogP contribution is -2.24. The highest BCUT2D eigenvalue weighted by Gasteiger charge is 2.49. The third kappa shape index (κ3) is 1.58. The lowest BCUT2D eigenvalue weighted by Gasteiger charge is -2.07. The molecule has 0 unspecified atom stereocenters. The molecule has 17 heavy (non-hydrogen) atoms. The van der Waals surface area contributed by atoms with E-state index < -0.39 is 0 Å². The number of nitrogens with two attached hydrogens (primary N) is 1. The minimum absolute atomic E-state index is 0.0638. The van der Waals surface area contributed by atoms with Crippen LogP contribution >= 0.6 is 0 Å². The Labute approximate surface area is 99.6 Å². The fourth-order valence-electron chi connectivity index (χ4n) is 2.21. The molecule has 3 heteroatoms. The molecule has 1 aromatic carbocycles. The third-order valence-corrected chi connectivity index (χ3v) is 3.62. The van der Waals surface area contributed by atoms with E-state index in [1.165, 1.54) is 0 Å². The molecule has 3 nitrogen and oxygen atoms in total. The predicted octanol–water partition coefficient (Wildman–Crippen LogP) is 2.66. The van der Waals surface area contributed by atoms with E-state index in [1.54, 1.807) is 0 Å². The van der Waals surface area contributed by atoms with Crippen LogP contribution in [0.2, 0.25) is 0 Å². The standard InChI is InChI=1S/C14H15NO2/c1-9-2-3-11-10(6-9)7-12(17-11)13(16)14(8-15)4-5-14/h2-3,6-7H,4-5,8,15H2,1H3. The summed E-state index contributed by atoms with van der Waals surface area (Å²) < 4.78 is 5.61. The highest BCUT2D eigenvalue weighted by molar-refractivity contribution is 6.03. The van der Waals surface area contributed by atoms with E-state index in [-0.39, 0.29) is 11.2 Å². The van der Waals surface area contributed by atoms with Crippen LogP contribution < -0.4 is 5.73 Å². The van der Waals surface area contributed by atoms with Crippen LogP contribution in [0.3, 0.4) is 0 Å². The van der Waals surface area contributed by atoms with E-state index in [4.69, 9.17) is 10.2 Å². The molecule has 0 amide bonds. The van der Waals surface area contributed by atoms with Crippen molar-refractivity contribution in [3.63, 3.8) is 0 Å². The number of hydrogen-bond acceptors (Lipinski definition) is 3. The first-order valence-corrected chi connectivity index (χ1v) is 5.90. The van der Waals surface area contributed by atoms with Crippen molar-refractivity contribution in [2.45, 2.75) is 19.8 Å². The minimum atomic E-state index is -0.330. The smallest absolute Gasteiger partial charge is 0.205 e. The van der Waals surface area contributed by atoms with Gasteiger partial charge in [0.05, 0.1) is 0 Å². The molecule has 1 aliphatic carbocycles. The first-order chi connectivity index (χ1) is 8.14. The highest BCUT2D eigenvalue weighted by atomic mass is 16.3. The maximum absolute atomic E-state index is 12.2. The normalized spacial score (nSPS) is 17.3. The highest BCUT2D eigenvalue weighted by Crippen LogP contribution is 2.47. The van der Waals surface area contributed by atoms with Crippen molar-refractivity contribution in [2.24, 2.45) is 11.1 Å². The van der Waals surface area contributed by atoms with Crippen LogP contribution in [0.1, 0.15) is 29.0 Å². The lowest BCUT2D eigenvalue weighted by molar-refractivity contribution is 0.0879. The summed E-state index contributed by atoms with van der Waals surface area (Å²) >= 11 is 0. The molecule has 0 aliphatic heterocycles. The van der Waals surface area contributed by atoms with Gasteiger partial charge in [0.15, 0.2) is 5.76 Å². The Balaban J connectivity index is 2.04. The van der Waals surface area contributed by atoms with Crippen molar-refractivity contribution in [1.29, 1.82) is 0 Å². The minimum Gasteiger partial charge on any atom is -0.453 e. The molecule has 3 rings (SSSR count).